The van der Waals surface area contributed by atoms with Gasteiger partial charge >= 0.3 is 5.76 Å². The number of nitrogens with zero attached hydrogens (tertiary/aromatic N) is 4. The molecule has 0 bridgehead atoms. The Morgan fingerprint density at radius 1 is 1.11 bits per heavy atom. The van der Waals surface area contributed by atoms with Crippen LogP contribution in [0.15, 0.2) is 45.7 Å². The molecule has 0 fully saturated rings. The molecule has 1 N–H and O–H groups in total. The Morgan fingerprint density at radius 2 is 1.92 bits per heavy atom. The highest BCUT2D eigenvalue weighted by Gasteiger charge is 2.31. The summed E-state index contributed by atoms with van der Waals surface area (Å²) in [5.74, 6) is 0.671. The van der Waals surface area contributed by atoms with Crippen LogP contribution in [0, 0.1) is 20.8 Å². The second-order valence-corrected chi connectivity index (χ2v) is 9.89. The maximum atomic E-state index is 11.9. The Balaban J connectivity index is 1.66. The summed E-state index contributed by atoms with van der Waals surface area (Å²) in [7, 11) is 0. The van der Waals surface area contributed by atoms with Crippen molar-refractivity contribution < 1.29 is 4.52 Å². The Labute approximate surface area is 213 Å². The topological polar surface area (TPSA) is 89.6 Å². The predicted molar refractivity (Wildman–Crippen MR) is 139 cm³/mol. The molecule has 8 heteroatoms. The summed E-state index contributed by atoms with van der Waals surface area (Å²) in [4.78, 5) is 24.5. The van der Waals surface area contributed by atoms with Crippen LogP contribution < -0.4 is 5.76 Å². The zero-order valence-electron chi connectivity index (χ0n) is 20.6. The van der Waals surface area contributed by atoms with Crippen molar-refractivity contribution >= 4 is 22.8 Å². The van der Waals surface area contributed by atoms with Gasteiger partial charge < -0.3 is 0 Å². The average molecular weight is 500 g/mol. The largest absolute Gasteiger partial charge is 0.438 e. The fourth-order valence-electron chi connectivity index (χ4n) is 5.75. The third kappa shape index (κ3) is 3.41. The molecule has 1 aliphatic carbocycles. The lowest BCUT2D eigenvalue weighted by Gasteiger charge is -2.23. The monoisotopic (exact) mass is 499 g/mol. The van der Waals surface area contributed by atoms with Crippen LogP contribution in [0.25, 0.3) is 16.9 Å². The van der Waals surface area contributed by atoms with Crippen molar-refractivity contribution in [2.24, 2.45) is 0 Å². The maximum Gasteiger partial charge on any atom is 0.438 e. The van der Waals surface area contributed by atoms with Crippen molar-refractivity contribution in [1.29, 1.82) is 0 Å². The fraction of sp³-hybridized carbons (Fsp3) is 0.286. The van der Waals surface area contributed by atoms with Crippen molar-refractivity contribution in [3.05, 3.63) is 103 Å². The molecule has 5 aromatic rings. The van der Waals surface area contributed by atoms with E-state index in [1.165, 1.54) is 16.7 Å². The highest BCUT2D eigenvalue weighted by Crippen LogP contribution is 2.41. The van der Waals surface area contributed by atoms with E-state index in [1.807, 2.05) is 19.1 Å². The molecule has 36 heavy (non-hydrogen) atoms. The molecule has 0 amide bonds. The molecule has 0 radical (unpaired) electrons. The van der Waals surface area contributed by atoms with E-state index in [9.17, 15) is 4.79 Å². The summed E-state index contributed by atoms with van der Waals surface area (Å²) in [6, 6.07) is 12.4. The normalized spacial score (nSPS) is 15.1. The minimum Gasteiger partial charge on any atom is -0.296 e. The summed E-state index contributed by atoms with van der Waals surface area (Å²) in [6.07, 6.45) is 2.50. The Kier molecular flexibility index (Phi) is 5.34. The van der Waals surface area contributed by atoms with Crippen LogP contribution in [-0.2, 0) is 19.3 Å². The summed E-state index contributed by atoms with van der Waals surface area (Å²) in [6.45, 7) is 8.33. The van der Waals surface area contributed by atoms with Crippen LogP contribution in [0.2, 0.25) is 5.02 Å². The quantitative estimate of drug-likeness (QED) is 0.353. The Hall–Kier alpha value is -3.71. The third-order valence-electron chi connectivity index (χ3n) is 7.26. The van der Waals surface area contributed by atoms with Gasteiger partial charge in [-0.05, 0) is 73.1 Å². The molecule has 0 saturated heterocycles. The first kappa shape index (κ1) is 22.7. The van der Waals surface area contributed by atoms with E-state index in [4.69, 9.17) is 26.1 Å². The molecule has 7 nitrogen and oxygen atoms in total. The van der Waals surface area contributed by atoms with E-state index >= 15 is 0 Å². The average Bonchev–Trinajstić information content (AvgIpc) is 3.38. The van der Waals surface area contributed by atoms with Crippen LogP contribution in [0.3, 0.4) is 0 Å². The van der Waals surface area contributed by atoms with Crippen LogP contribution in [0.1, 0.15) is 63.6 Å². The van der Waals surface area contributed by atoms with Gasteiger partial charge in [0.1, 0.15) is 11.3 Å². The molecular formula is C28H26ClN5O2. The number of imidazole rings is 1. The minimum absolute atomic E-state index is 0.225. The van der Waals surface area contributed by atoms with E-state index in [0.717, 1.165) is 64.3 Å². The number of rotatable bonds is 3. The van der Waals surface area contributed by atoms with Gasteiger partial charge in [-0.1, -0.05) is 54.0 Å². The van der Waals surface area contributed by atoms with Crippen LogP contribution in [-0.4, -0.2) is 24.7 Å². The molecule has 1 aliphatic rings. The highest BCUT2D eigenvalue weighted by molar-refractivity contribution is 6.34. The molecule has 2 aromatic carbocycles. The molecule has 3 heterocycles. The van der Waals surface area contributed by atoms with E-state index in [1.54, 1.807) is 0 Å². The van der Waals surface area contributed by atoms with Crippen molar-refractivity contribution in [2.45, 2.75) is 52.9 Å². The summed E-state index contributed by atoms with van der Waals surface area (Å²) in [5.41, 5.74) is 10.4. The molecule has 0 saturated carbocycles. The summed E-state index contributed by atoms with van der Waals surface area (Å²) in [5, 5.41) is 4.73. The lowest BCUT2D eigenvalue weighted by Crippen LogP contribution is -2.13. The first-order valence-electron chi connectivity index (χ1n) is 12.2. The number of halogens is 1. The second kappa shape index (κ2) is 8.45. The number of nitrogens with one attached hydrogen (secondary N) is 1. The van der Waals surface area contributed by atoms with Crippen LogP contribution in [0.4, 0.5) is 0 Å². The third-order valence-corrected chi connectivity index (χ3v) is 7.55. The van der Waals surface area contributed by atoms with Gasteiger partial charge in [-0.25, -0.2) is 14.8 Å². The summed E-state index contributed by atoms with van der Waals surface area (Å²) < 4.78 is 7.11. The molecule has 182 valence electrons. The number of benzene rings is 2. The van der Waals surface area contributed by atoms with Crippen molar-refractivity contribution in [1.82, 2.24) is 24.7 Å². The number of pyridine rings is 1. The number of aromatic nitrogens is 5. The fourth-order valence-corrected chi connectivity index (χ4v) is 6.04. The highest BCUT2D eigenvalue weighted by atomic mass is 35.5. The number of aryl methyl sites for hydroxylation is 4. The van der Waals surface area contributed by atoms with Gasteiger partial charge in [-0.15, -0.1) is 0 Å². The first-order valence-corrected chi connectivity index (χ1v) is 12.6. The number of H-pyrrole nitrogens is 1. The van der Waals surface area contributed by atoms with Gasteiger partial charge in [-0.3, -0.25) is 14.1 Å². The maximum absolute atomic E-state index is 11.9. The Morgan fingerprint density at radius 3 is 2.67 bits per heavy atom. The number of fused-ring (bicyclic) bond motifs is 3. The van der Waals surface area contributed by atoms with Gasteiger partial charge in [0.2, 0.25) is 0 Å². The summed E-state index contributed by atoms with van der Waals surface area (Å²) >= 11 is 6.59. The SMILES string of the molecule is CCc1nc2c(Cl)cc(C)nc2n1-c1c(C)cc2c(c1C)CCc1ccccc1C2c1noc(=O)[nH]1. The molecule has 0 spiro atoms. The Bertz CT molecular complexity index is 1710. The zero-order valence-corrected chi connectivity index (χ0v) is 21.4. The molecular weight excluding hydrogens is 474 g/mol. The molecule has 6 rings (SSSR count). The molecule has 0 aliphatic heterocycles. The standard InChI is InChI=1S/C28H26ClN5O2/c1-5-22-31-24-21(29)13-15(3)30-27(24)34(22)25-14(2)12-20-18(16(25)4)11-10-17-8-6-7-9-19(17)23(20)26-32-28(35)36-33-26/h6-9,12-13,23H,5,10-11H2,1-4H3,(H,32,33,35). The lowest BCUT2D eigenvalue weighted by molar-refractivity contribution is 0.380. The zero-order chi connectivity index (χ0) is 25.1. The van der Waals surface area contributed by atoms with Gasteiger partial charge in [0.15, 0.2) is 11.5 Å². The van der Waals surface area contributed by atoms with E-state index in [0.29, 0.717) is 10.8 Å². The van der Waals surface area contributed by atoms with Crippen LogP contribution in [0.5, 0.6) is 0 Å². The second-order valence-electron chi connectivity index (χ2n) is 9.48. The van der Waals surface area contributed by atoms with Crippen molar-refractivity contribution in [3.63, 3.8) is 0 Å². The number of hydrogen-bond donors (Lipinski definition) is 1. The van der Waals surface area contributed by atoms with Crippen molar-refractivity contribution in [2.75, 3.05) is 0 Å². The van der Waals surface area contributed by atoms with E-state index in [2.05, 4.69) is 59.7 Å². The molecule has 1 unspecified atom stereocenters. The lowest BCUT2D eigenvalue weighted by atomic mass is 9.84. The number of hydrogen-bond acceptors (Lipinski definition) is 5. The first-order chi connectivity index (χ1) is 17.4. The van der Waals surface area contributed by atoms with Crippen molar-refractivity contribution in [3.8, 4) is 5.69 Å². The van der Waals surface area contributed by atoms with Gasteiger partial charge in [0.25, 0.3) is 0 Å². The molecule has 1 atom stereocenters. The molecule has 3 aromatic heterocycles. The van der Waals surface area contributed by atoms with Crippen LogP contribution >= 0.6 is 11.6 Å². The predicted octanol–water partition coefficient (Wildman–Crippen LogP) is 5.52. The number of aromatic amines is 1. The van der Waals surface area contributed by atoms with Gasteiger partial charge in [-0.2, -0.15) is 0 Å². The smallest absolute Gasteiger partial charge is 0.296 e. The van der Waals surface area contributed by atoms with E-state index in [-0.39, 0.29) is 5.92 Å². The van der Waals surface area contributed by atoms with E-state index < -0.39 is 5.76 Å². The minimum atomic E-state index is -0.547. The van der Waals surface area contributed by atoms with Gasteiger partial charge in [0.05, 0.1) is 16.6 Å². The van der Waals surface area contributed by atoms with Gasteiger partial charge in [0, 0.05) is 12.1 Å².